The number of hydrogen-bond donors (Lipinski definition) is 2. The fourth-order valence-corrected chi connectivity index (χ4v) is 8.14. The van der Waals surface area contributed by atoms with Crippen LogP contribution in [0.3, 0.4) is 0 Å². The van der Waals surface area contributed by atoms with Crippen LogP contribution in [0.4, 0.5) is 13.2 Å². The Labute approximate surface area is 269 Å². The first-order chi connectivity index (χ1) is 21.9. The maximum Gasteiger partial charge on any atom is 0.416 e. The van der Waals surface area contributed by atoms with Gasteiger partial charge >= 0.3 is 6.18 Å². The summed E-state index contributed by atoms with van der Waals surface area (Å²) in [5.74, 6) is -0.178. The van der Waals surface area contributed by atoms with Gasteiger partial charge in [-0.05, 0) is 76.1 Å². The number of aromatic amines is 1. The number of hydrogen-bond acceptors (Lipinski definition) is 6. The standard InChI is InChI=1S/C34H39F3N4O4S/c1-20(2)41(24-10-4-3-5-11-24)30(44)22-17-27(46-19-22)33(13-14-33)32-38-26-12-7-15-40(18-25(26)29(43)39-32)31(45)28(42)21-8-6-9-23(16-21)34(35,36)37/h6,8-9,16-17,19-20,24,28,42H,3-5,7,10-15,18H2,1-2H3,(H,38,39,43)/t28-/m1/s1. The molecular weight excluding hydrogens is 617 g/mol. The summed E-state index contributed by atoms with van der Waals surface area (Å²) < 4.78 is 39.6. The zero-order valence-electron chi connectivity index (χ0n) is 26.0. The molecule has 0 unspecified atom stereocenters. The van der Waals surface area contributed by atoms with Crippen molar-refractivity contribution in [3.63, 3.8) is 0 Å². The number of carbonyl (C=O) groups is 2. The highest BCUT2D eigenvalue weighted by molar-refractivity contribution is 7.10. The van der Waals surface area contributed by atoms with Crippen molar-refractivity contribution in [2.24, 2.45) is 0 Å². The molecular formula is C34H39F3N4O4S. The SMILES string of the molecule is CC(C)N(C(=O)c1csc(C2(c3nc4c(c(=O)[nH]3)CN(C(=O)[C@H](O)c3cccc(C(F)(F)F)c3)CCC4)CC2)c1)C1CCCCC1. The molecule has 3 aliphatic rings. The number of fused-ring (bicyclic) bond motifs is 1. The van der Waals surface area contributed by atoms with Crippen LogP contribution in [0, 0.1) is 0 Å². The Hall–Kier alpha value is -3.51. The van der Waals surface area contributed by atoms with Crippen LogP contribution < -0.4 is 5.56 Å². The predicted octanol–water partition coefficient (Wildman–Crippen LogP) is 6.12. The topological polar surface area (TPSA) is 107 Å². The normalized spacial score (nSPS) is 19.0. The van der Waals surface area contributed by atoms with Crippen LogP contribution >= 0.6 is 11.3 Å². The summed E-state index contributed by atoms with van der Waals surface area (Å²) in [4.78, 5) is 52.6. The fourth-order valence-electron chi connectivity index (χ4n) is 6.99. The largest absolute Gasteiger partial charge is 0.416 e. The Morgan fingerprint density at radius 2 is 1.87 bits per heavy atom. The van der Waals surface area contributed by atoms with Crippen molar-refractivity contribution in [2.75, 3.05) is 6.54 Å². The zero-order valence-corrected chi connectivity index (χ0v) is 26.8. The number of aromatic nitrogens is 2. The van der Waals surface area contributed by atoms with Crippen molar-refractivity contribution in [3.05, 3.63) is 84.7 Å². The van der Waals surface area contributed by atoms with E-state index in [4.69, 9.17) is 4.98 Å². The third-order valence-electron chi connectivity index (χ3n) is 9.65. The molecule has 2 fully saturated rings. The molecule has 3 heterocycles. The summed E-state index contributed by atoms with van der Waals surface area (Å²) in [6.07, 6.45) is 1.61. The highest BCUT2D eigenvalue weighted by Crippen LogP contribution is 2.54. The van der Waals surface area contributed by atoms with E-state index in [1.54, 1.807) is 0 Å². The molecule has 46 heavy (non-hydrogen) atoms. The number of aliphatic hydroxyl groups is 1. The van der Waals surface area contributed by atoms with Gasteiger partial charge in [-0.1, -0.05) is 31.4 Å². The number of H-pyrrole nitrogens is 1. The minimum Gasteiger partial charge on any atom is -0.378 e. The molecule has 2 aromatic heterocycles. The monoisotopic (exact) mass is 656 g/mol. The Balaban J connectivity index is 1.21. The Morgan fingerprint density at radius 1 is 1.13 bits per heavy atom. The number of aryl methyl sites for hydroxylation is 1. The first kappa shape index (κ1) is 32.4. The lowest BCUT2D eigenvalue weighted by Gasteiger charge is -2.37. The summed E-state index contributed by atoms with van der Waals surface area (Å²) in [6.45, 7) is 4.24. The molecule has 0 radical (unpaired) electrons. The van der Waals surface area contributed by atoms with Gasteiger partial charge in [-0.15, -0.1) is 11.3 Å². The number of thiophene rings is 1. The van der Waals surface area contributed by atoms with E-state index in [0.29, 0.717) is 35.5 Å². The molecule has 1 aromatic carbocycles. The summed E-state index contributed by atoms with van der Waals surface area (Å²) in [6, 6.07) is 6.38. The number of nitrogens with zero attached hydrogens (tertiary/aromatic N) is 3. The molecule has 6 rings (SSSR count). The predicted molar refractivity (Wildman–Crippen MR) is 168 cm³/mol. The number of nitrogens with one attached hydrogen (secondary N) is 1. The fraction of sp³-hybridized carbons (Fsp3) is 0.529. The maximum atomic E-state index is 13.7. The first-order valence-corrected chi connectivity index (χ1v) is 17.0. The molecule has 2 aliphatic carbocycles. The number of carbonyl (C=O) groups excluding carboxylic acids is 2. The third kappa shape index (κ3) is 6.25. The van der Waals surface area contributed by atoms with Gasteiger partial charge in [0.05, 0.1) is 34.3 Å². The van der Waals surface area contributed by atoms with Gasteiger partial charge in [0, 0.05) is 28.9 Å². The van der Waals surface area contributed by atoms with Crippen LogP contribution in [0.15, 0.2) is 40.5 Å². The number of aliphatic hydroxyl groups excluding tert-OH is 1. The van der Waals surface area contributed by atoms with E-state index >= 15 is 0 Å². The lowest BCUT2D eigenvalue weighted by atomic mass is 9.93. The second-order valence-corrected chi connectivity index (χ2v) is 14.0. The van der Waals surface area contributed by atoms with Crippen LogP contribution in [0.5, 0.6) is 0 Å². The Morgan fingerprint density at radius 3 is 2.54 bits per heavy atom. The van der Waals surface area contributed by atoms with Gasteiger partial charge in [-0.3, -0.25) is 14.4 Å². The third-order valence-corrected chi connectivity index (χ3v) is 10.8. The molecule has 0 bridgehead atoms. The molecule has 246 valence electrons. The van der Waals surface area contributed by atoms with Crippen LogP contribution in [0.1, 0.15) is 115 Å². The van der Waals surface area contributed by atoms with Crippen molar-refractivity contribution < 1.29 is 27.9 Å². The highest BCUT2D eigenvalue weighted by atomic mass is 32.1. The van der Waals surface area contributed by atoms with Crippen molar-refractivity contribution in [2.45, 2.75) is 108 Å². The highest BCUT2D eigenvalue weighted by Gasteiger charge is 2.50. The van der Waals surface area contributed by atoms with Gasteiger partial charge in [-0.2, -0.15) is 13.2 Å². The van der Waals surface area contributed by atoms with Crippen LogP contribution in [0.2, 0.25) is 0 Å². The number of benzene rings is 1. The van der Waals surface area contributed by atoms with Crippen molar-refractivity contribution in [1.82, 2.24) is 19.8 Å². The molecule has 3 aromatic rings. The van der Waals surface area contributed by atoms with Gasteiger partial charge in [0.1, 0.15) is 5.82 Å². The van der Waals surface area contributed by atoms with Gasteiger partial charge in [0.15, 0.2) is 6.10 Å². The van der Waals surface area contributed by atoms with Gasteiger partial charge in [0.25, 0.3) is 17.4 Å². The maximum absolute atomic E-state index is 13.7. The smallest absolute Gasteiger partial charge is 0.378 e. The van der Waals surface area contributed by atoms with E-state index in [2.05, 4.69) is 18.8 Å². The minimum absolute atomic E-state index is 0.0423. The number of alkyl halides is 3. The Kier molecular flexibility index (Phi) is 8.88. The summed E-state index contributed by atoms with van der Waals surface area (Å²) in [7, 11) is 0. The van der Waals surface area contributed by atoms with E-state index in [1.807, 2.05) is 16.3 Å². The number of rotatable bonds is 7. The summed E-state index contributed by atoms with van der Waals surface area (Å²) >= 11 is 1.51. The second kappa shape index (κ2) is 12.6. The van der Waals surface area contributed by atoms with Crippen LogP contribution in [0.25, 0.3) is 0 Å². The van der Waals surface area contributed by atoms with E-state index in [1.165, 1.54) is 28.7 Å². The summed E-state index contributed by atoms with van der Waals surface area (Å²) in [5.41, 5.74) is -0.428. The van der Waals surface area contributed by atoms with Gasteiger partial charge in [0.2, 0.25) is 0 Å². The van der Waals surface area contributed by atoms with Crippen LogP contribution in [-0.4, -0.2) is 55.3 Å². The van der Waals surface area contributed by atoms with Gasteiger partial charge in [-0.25, -0.2) is 4.98 Å². The zero-order chi connectivity index (χ0) is 32.8. The average molecular weight is 657 g/mol. The lowest BCUT2D eigenvalue weighted by molar-refractivity contribution is -0.142. The molecule has 8 nitrogen and oxygen atoms in total. The molecule has 12 heteroatoms. The quantitative estimate of drug-likeness (QED) is 0.319. The second-order valence-electron chi connectivity index (χ2n) is 13.1. The molecule has 2 saturated carbocycles. The first-order valence-electron chi connectivity index (χ1n) is 16.1. The van der Waals surface area contributed by atoms with Crippen molar-refractivity contribution >= 4 is 23.2 Å². The number of halogens is 3. The van der Waals surface area contributed by atoms with E-state index in [-0.39, 0.29) is 42.2 Å². The van der Waals surface area contributed by atoms with Crippen molar-refractivity contribution in [1.29, 1.82) is 0 Å². The number of amides is 2. The minimum atomic E-state index is -4.61. The van der Waals surface area contributed by atoms with E-state index in [9.17, 15) is 32.7 Å². The average Bonchev–Trinajstić information content (AvgIpc) is 3.74. The Bertz CT molecular complexity index is 1670. The van der Waals surface area contributed by atoms with Gasteiger partial charge < -0.3 is 19.9 Å². The molecule has 2 amide bonds. The van der Waals surface area contributed by atoms with Crippen molar-refractivity contribution in [3.8, 4) is 0 Å². The van der Waals surface area contributed by atoms with E-state index < -0.39 is 29.2 Å². The molecule has 0 saturated heterocycles. The summed E-state index contributed by atoms with van der Waals surface area (Å²) in [5, 5.41) is 12.6. The van der Waals surface area contributed by atoms with E-state index in [0.717, 1.165) is 61.6 Å². The van der Waals surface area contributed by atoms with Crippen LogP contribution in [-0.2, 0) is 29.4 Å². The molecule has 1 aliphatic heterocycles. The molecule has 2 N–H and O–H groups in total. The lowest BCUT2D eigenvalue weighted by Crippen LogP contribution is -2.45. The molecule has 1 atom stereocenters. The molecule has 0 spiro atoms.